The van der Waals surface area contributed by atoms with Crippen molar-refractivity contribution in [3.8, 4) is 17.2 Å². The van der Waals surface area contributed by atoms with Crippen LogP contribution in [0.15, 0.2) is 53.4 Å². The Labute approximate surface area is 226 Å². The van der Waals surface area contributed by atoms with Crippen LogP contribution in [0.2, 0.25) is 0 Å². The minimum absolute atomic E-state index is 0.00222. The molecule has 1 saturated heterocycles. The Morgan fingerprint density at radius 1 is 1.03 bits per heavy atom. The lowest BCUT2D eigenvalue weighted by Crippen LogP contribution is -2.36. The first kappa shape index (κ1) is 27.8. The second-order valence-electron chi connectivity index (χ2n) is 8.59. The molecule has 1 N–H and O–H groups in total. The summed E-state index contributed by atoms with van der Waals surface area (Å²) in [4.78, 5) is 39.1. The summed E-state index contributed by atoms with van der Waals surface area (Å²) >= 11 is 0.682. The average molecular weight is 560 g/mol. The first-order valence-corrected chi connectivity index (χ1v) is 12.4. The van der Waals surface area contributed by atoms with E-state index in [9.17, 15) is 27.6 Å². The Kier molecular flexibility index (Phi) is 7.77. The van der Waals surface area contributed by atoms with Crippen molar-refractivity contribution in [3.05, 3.63) is 76.0 Å². The number of alkyl halides is 3. The Morgan fingerprint density at radius 3 is 2.33 bits per heavy atom. The molecule has 1 aromatic heterocycles. The quantitative estimate of drug-likeness (QED) is 0.368. The maximum absolute atomic E-state index is 13.1. The highest BCUT2D eigenvalue weighted by molar-refractivity contribution is 8.18. The molecule has 4 rings (SSSR count). The molecule has 3 aromatic rings. The predicted molar refractivity (Wildman–Crippen MR) is 141 cm³/mol. The summed E-state index contributed by atoms with van der Waals surface area (Å²) in [6.07, 6.45) is -3.05. The summed E-state index contributed by atoms with van der Waals surface area (Å²) in [5, 5.41) is 1.64. The summed E-state index contributed by atoms with van der Waals surface area (Å²) in [6, 6.07) is 12.0. The zero-order valence-electron chi connectivity index (χ0n) is 21.4. The second kappa shape index (κ2) is 10.9. The van der Waals surface area contributed by atoms with Gasteiger partial charge in [-0.2, -0.15) is 13.2 Å². The van der Waals surface area contributed by atoms with E-state index in [0.29, 0.717) is 23.1 Å². The molecule has 0 atom stereocenters. The minimum atomic E-state index is -4.63. The third-order valence-corrected chi connectivity index (χ3v) is 6.97. The highest BCUT2D eigenvalue weighted by atomic mass is 32.2. The van der Waals surface area contributed by atoms with Gasteiger partial charge in [-0.1, -0.05) is 0 Å². The Bertz CT molecular complexity index is 1480. The molecule has 12 heteroatoms. The van der Waals surface area contributed by atoms with Gasteiger partial charge in [0.05, 0.1) is 30.4 Å². The Hall–Kier alpha value is -4.19. The molecule has 1 fully saturated rings. The number of benzene rings is 2. The monoisotopic (exact) mass is 559 g/mol. The third-order valence-electron chi connectivity index (χ3n) is 6.06. The van der Waals surface area contributed by atoms with Crippen LogP contribution in [0.1, 0.15) is 22.5 Å². The highest BCUT2D eigenvalue weighted by Gasteiger charge is 2.37. The fourth-order valence-corrected chi connectivity index (χ4v) is 4.98. The molecule has 0 aliphatic carbocycles. The van der Waals surface area contributed by atoms with Crippen LogP contribution in [-0.4, -0.2) is 47.3 Å². The SMILES string of the molecule is COc1ccc(-n2c(C)cc(/C=C3\SC(=O)N(CC(=O)Nc4cc(C(F)(F)F)ccc4OC)C3=O)c2C)cc1. The fraction of sp³-hybridized carbons (Fsp3) is 0.222. The number of amides is 3. The normalized spacial score (nSPS) is 14.7. The molecule has 204 valence electrons. The van der Waals surface area contributed by atoms with Crippen molar-refractivity contribution in [2.24, 2.45) is 0 Å². The van der Waals surface area contributed by atoms with Gasteiger partial charge in [-0.3, -0.25) is 19.3 Å². The number of hydrogen-bond acceptors (Lipinski definition) is 6. The van der Waals surface area contributed by atoms with E-state index in [0.717, 1.165) is 40.2 Å². The van der Waals surface area contributed by atoms with Crippen LogP contribution in [0, 0.1) is 13.8 Å². The predicted octanol–water partition coefficient (Wildman–Crippen LogP) is 5.81. The molecule has 1 aliphatic rings. The van der Waals surface area contributed by atoms with Gasteiger partial charge in [0.2, 0.25) is 5.91 Å². The van der Waals surface area contributed by atoms with E-state index in [4.69, 9.17) is 9.47 Å². The lowest BCUT2D eigenvalue weighted by molar-refractivity contribution is -0.137. The molecule has 0 unspecified atom stereocenters. The second-order valence-corrected chi connectivity index (χ2v) is 9.58. The molecule has 0 bridgehead atoms. The molecule has 2 aromatic carbocycles. The number of anilines is 1. The summed E-state index contributed by atoms with van der Waals surface area (Å²) in [6.45, 7) is 3.11. The number of carbonyl (C=O) groups is 3. The zero-order chi connectivity index (χ0) is 28.5. The number of nitrogens with one attached hydrogen (secondary N) is 1. The van der Waals surface area contributed by atoms with Crippen LogP contribution in [-0.2, 0) is 15.8 Å². The van der Waals surface area contributed by atoms with Crippen LogP contribution in [0.25, 0.3) is 11.8 Å². The number of hydrogen-bond donors (Lipinski definition) is 1. The molecular formula is C27H24F3N3O5S. The minimum Gasteiger partial charge on any atom is -0.497 e. The van der Waals surface area contributed by atoms with Crippen molar-refractivity contribution in [1.29, 1.82) is 0 Å². The zero-order valence-corrected chi connectivity index (χ0v) is 22.2. The summed E-state index contributed by atoms with van der Waals surface area (Å²) in [5.41, 5.74) is 2.12. The first-order valence-electron chi connectivity index (χ1n) is 11.6. The van der Waals surface area contributed by atoms with Gasteiger partial charge in [0.1, 0.15) is 18.0 Å². The van der Waals surface area contributed by atoms with Gasteiger partial charge in [-0.05, 0) is 85.8 Å². The van der Waals surface area contributed by atoms with E-state index in [2.05, 4.69) is 5.32 Å². The average Bonchev–Trinajstić information content (AvgIpc) is 3.32. The number of aryl methyl sites for hydroxylation is 1. The summed E-state index contributed by atoms with van der Waals surface area (Å²) in [5.74, 6) is -0.817. The lowest BCUT2D eigenvalue weighted by atomic mass is 10.1. The molecule has 2 heterocycles. The number of thioether (sulfide) groups is 1. The number of halogens is 3. The van der Waals surface area contributed by atoms with Crippen molar-refractivity contribution >= 4 is 40.6 Å². The van der Waals surface area contributed by atoms with E-state index in [1.54, 1.807) is 13.2 Å². The molecule has 1 aliphatic heterocycles. The molecule has 0 radical (unpaired) electrons. The first-order chi connectivity index (χ1) is 18.4. The highest BCUT2D eigenvalue weighted by Crippen LogP contribution is 2.36. The van der Waals surface area contributed by atoms with Gasteiger partial charge in [-0.25, -0.2) is 0 Å². The van der Waals surface area contributed by atoms with E-state index in [1.807, 2.05) is 48.7 Å². The van der Waals surface area contributed by atoms with Crippen molar-refractivity contribution in [2.45, 2.75) is 20.0 Å². The number of nitrogens with zero attached hydrogens (tertiary/aromatic N) is 2. The van der Waals surface area contributed by atoms with E-state index < -0.39 is 35.3 Å². The van der Waals surface area contributed by atoms with Gasteiger partial charge < -0.3 is 19.4 Å². The van der Waals surface area contributed by atoms with Gasteiger partial charge in [0.25, 0.3) is 11.1 Å². The number of methoxy groups -OCH3 is 2. The van der Waals surface area contributed by atoms with Crippen molar-refractivity contribution < 1.29 is 37.0 Å². The molecule has 3 amide bonds. The van der Waals surface area contributed by atoms with E-state index in [-0.39, 0.29) is 16.3 Å². The maximum atomic E-state index is 13.1. The maximum Gasteiger partial charge on any atom is 0.416 e. The van der Waals surface area contributed by atoms with Crippen molar-refractivity contribution in [2.75, 3.05) is 26.1 Å². The largest absolute Gasteiger partial charge is 0.497 e. The van der Waals surface area contributed by atoms with Gasteiger partial charge in [0, 0.05) is 17.1 Å². The number of imide groups is 1. The third kappa shape index (κ3) is 5.80. The van der Waals surface area contributed by atoms with Crippen LogP contribution in [0.3, 0.4) is 0 Å². The number of carbonyl (C=O) groups excluding carboxylic acids is 3. The Morgan fingerprint density at radius 2 is 1.72 bits per heavy atom. The topological polar surface area (TPSA) is 89.9 Å². The van der Waals surface area contributed by atoms with Crippen molar-refractivity contribution in [3.63, 3.8) is 0 Å². The fourth-order valence-electron chi connectivity index (χ4n) is 4.16. The Balaban J connectivity index is 1.52. The van der Waals surface area contributed by atoms with Crippen LogP contribution in [0.4, 0.5) is 23.7 Å². The summed E-state index contributed by atoms with van der Waals surface area (Å²) in [7, 11) is 2.82. The van der Waals surface area contributed by atoms with Gasteiger partial charge in [-0.15, -0.1) is 0 Å². The molecule has 0 spiro atoms. The molecule has 0 saturated carbocycles. The number of aromatic nitrogens is 1. The molecule has 39 heavy (non-hydrogen) atoms. The van der Waals surface area contributed by atoms with E-state index in [1.165, 1.54) is 7.11 Å². The lowest BCUT2D eigenvalue weighted by Gasteiger charge is -2.16. The summed E-state index contributed by atoms with van der Waals surface area (Å²) < 4.78 is 51.5. The smallest absolute Gasteiger partial charge is 0.416 e. The van der Waals surface area contributed by atoms with Crippen molar-refractivity contribution in [1.82, 2.24) is 9.47 Å². The van der Waals surface area contributed by atoms with Gasteiger partial charge >= 0.3 is 6.18 Å². The number of rotatable bonds is 7. The number of ether oxygens (including phenoxy) is 2. The standard InChI is InChI=1S/C27H24F3N3O5S/c1-15-11-17(16(2)33(15)19-6-8-20(37-3)9-7-19)12-23-25(35)32(26(36)39-23)14-24(34)31-21-13-18(27(28,29)30)5-10-22(21)38-4/h5-13H,14H2,1-4H3,(H,31,34)/b23-12-. The van der Waals surface area contributed by atoms with Crippen LogP contribution in [0.5, 0.6) is 11.5 Å². The van der Waals surface area contributed by atoms with Crippen LogP contribution < -0.4 is 14.8 Å². The van der Waals surface area contributed by atoms with E-state index >= 15 is 0 Å². The van der Waals surface area contributed by atoms with Crippen LogP contribution >= 0.6 is 11.8 Å². The molecular weight excluding hydrogens is 535 g/mol. The van der Waals surface area contributed by atoms with Gasteiger partial charge in [0.15, 0.2) is 0 Å². The molecule has 8 nitrogen and oxygen atoms in total.